The first-order valence-corrected chi connectivity index (χ1v) is 8.19. The van der Waals surface area contributed by atoms with E-state index in [9.17, 15) is 9.59 Å². The Balaban J connectivity index is 2.37. The van der Waals surface area contributed by atoms with Crippen LogP contribution in [-0.2, 0) is 11.3 Å². The van der Waals surface area contributed by atoms with Gasteiger partial charge in [-0.05, 0) is 31.4 Å². The van der Waals surface area contributed by atoms with Crippen LogP contribution in [0.1, 0.15) is 58.3 Å². The maximum absolute atomic E-state index is 12.2. The lowest BCUT2D eigenvalue weighted by Gasteiger charge is -2.09. The number of carbonyl (C=O) groups is 1. The molecule has 0 atom stereocenters. The number of carboxylic acids is 1. The van der Waals surface area contributed by atoms with E-state index in [1.807, 2.05) is 0 Å². The number of ether oxygens (including phenoxy) is 1. The van der Waals surface area contributed by atoms with Gasteiger partial charge in [-0.15, -0.1) is 0 Å². The van der Waals surface area contributed by atoms with E-state index in [-0.39, 0.29) is 12.0 Å². The minimum Gasteiger partial charge on any atom is -0.488 e. The molecular weight excluding hydrogens is 282 g/mol. The Bertz CT molecular complexity index is 496. The summed E-state index contributed by atoms with van der Waals surface area (Å²) in [6.45, 7) is 3.28. The first-order chi connectivity index (χ1) is 10.6. The molecule has 1 N–H and O–H groups in total. The molecule has 0 aliphatic carbocycles. The molecule has 124 valence electrons. The van der Waals surface area contributed by atoms with Crippen molar-refractivity contribution >= 4 is 5.97 Å². The highest BCUT2D eigenvalue weighted by Gasteiger charge is 2.04. The van der Waals surface area contributed by atoms with E-state index in [1.165, 1.54) is 19.3 Å². The Morgan fingerprint density at radius 3 is 2.68 bits per heavy atom. The lowest BCUT2D eigenvalue weighted by atomic mass is 10.2. The Morgan fingerprint density at radius 1 is 1.18 bits per heavy atom. The van der Waals surface area contributed by atoms with E-state index in [0.717, 1.165) is 12.8 Å². The molecule has 0 saturated carbocycles. The lowest BCUT2D eigenvalue weighted by molar-refractivity contribution is -0.137. The van der Waals surface area contributed by atoms with Crippen molar-refractivity contribution in [1.82, 2.24) is 4.57 Å². The fourth-order valence-electron chi connectivity index (χ4n) is 2.25. The number of unbranched alkanes of at least 4 members (excludes halogenated alkanes) is 5. The van der Waals surface area contributed by atoms with Crippen molar-refractivity contribution in [1.29, 1.82) is 0 Å². The van der Waals surface area contributed by atoms with Gasteiger partial charge in [0.2, 0.25) is 0 Å². The summed E-state index contributed by atoms with van der Waals surface area (Å²) in [5, 5.41) is 8.60. The highest BCUT2D eigenvalue weighted by Crippen LogP contribution is 2.07. The number of aromatic nitrogens is 1. The predicted octanol–water partition coefficient (Wildman–Crippen LogP) is 3.45. The third kappa shape index (κ3) is 7.29. The van der Waals surface area contributed by atoms with Crippen LogP contribution in [-0.4, -0.2) is 22.2 Å². The van der Waals surface area contributed by atoms with Crippen LogP contribution >= 0.6 is 0 Å². The van der Waals surface area contributed by atoms with Crippen LogP contribution in [0.25, 0.3) is 0 Å². The van der Waals surface area contributed by atoms with Gasteiger partial charge in [0.15, 0.2) is 5.75 Å². The molecule has 0 fully saturated rings. The maximum Gasteiger partial charge on any atom is 0.303 e. The Morgan fingerprint density at radius 2 is 1.95 bits per heavy atom. The Kier molecular flexibility index (Phi) is 9.03. The molecule has 0 aliphatic heterocycles. The van der Waals surface area contributed by atoms with E-state index < -0.39 is 5.97 Å². The molecule has 1 heterocycles. The molecule has 1 rings (SSSR count). The molecule has 1 aromatic rings. The molecule has 0 unspecified atom stereocenters. The van der Waals surface area contributed by atoms with Gasteiger partial charge in [-0.1, -0.05) is 32.6 Å². The second-order valence-corrected chi connectivity index (χ2v) is 5.48. The zero-order valence-electron chi connectivity index (χ0n) is 13.4. The fourth-order valence-corrected chi connectivity index (χ4v) is 2.25. The van der Waals surface area contributed by atoms with Crippen LogP contribution < -0.4 is 10.3 Å². The number of hydrogen-bond donors (Lipinski definition) is 1. The van der Waals surface area contributed by atoms with Crippen molar-refractivity contribution in [3.63, 3.8) is 0 Å². The average molecular weight is 309 g/mol. The van der Waals surface area contributed by atoms with Gasteiger partial charge in [-0.2, -0.15) is 0 Å². The summed E-state index contributed by atoms with van der Waals surface area (Å²) in [5.41, 5.74) is -0.133. The average Bonchev–Trinajstić information content (AvgIpc) is 2.49. The summed E-state index contributed by atoms with van der Waals surface area (Å²) in [6.07, 6.45) is 8.87. The normalized spacial score (nSPS) is 10.6. The van der Waals surface area contributed by atoms with Gasteiger partial charge in [0.05, 0.1) is 6.61 Å². The van der Waals surface area contributed by atoms with E-state index >= 15 is 0 Å². The van der Waals surface area contributed by atoms with Gasteiger partial charge >= 0.3 is 5.97 Å². The highest BCUT2D eigenvalue weighted by molar-refractivity contribution is 5.66. The lowest BCUT2D eigenvalue weighted by Crippen LogP contribution is -2.21. The summed E-state index contributed by atoms with van der Waals surface area (Å²) in [6, 6.07) is 3.49. The summed E-state index contributed by atoms with van der Waals surface area (Å²) >= 11 is 0. The van der Waals surface area contributed by atoms with Gasteiger partial charge < -0.3 is 14.4 Å². The smallest absolute Gasteiger partial charge is 0.303 e. The van der Waals surface area contributed by atoms with Gasteiger partial charge in [-0.3, -0.25) is 9.59 Å². The van der Waals surface area contributed by atoms with E-state index in [2.05, 4.69) is 6.92 Å². The largest absolute Gasteiger partial charge is 0.488 e. The zero-order valence-corrected chi connectivity index (χ0v) is 13.4. The minimum atomic E-state index is -0.799. The van der Waals surface area contributed by atoms with Crippen LogP contribution in [0.15, 0.2) is 23.1 Å². The number of rotatable bonds is 12. The second-order valence-electron chi connectivity index (χ2n) is 5.48. The number of carboxylic acid groups (broad SMARTS) is 1. The zero-order chi connectivity index (χ0) is 16.2. The first-order valence-electron chi connectivity index (χ1n) is 8.19. The Labute approximate surface area is 131 Å². The number of pyridine rings is 1. The molecule has 0 aromatic carbocycles. The van der Waals surface area contributed by atoms with Crippen LogP contribution in [0.3, 0.4) is 0 Å². The number of hydrogen-bond acceptors (Lipinski definition) is 3. The predicted molar refractivity (Wildman–Crippen MR) is 86.4 cm³/mol. The molecular formula is C17H27NO4. The van der Waals surface area contributed by atoms with Crippen LogP contribution in [0.4, 0.5) is 0 Å². The standard InChI is InChI=1S/C17H27NO4/c1-2-3-4-5-8-14-22-15-10-9-13-18(17(15)21)12-7-6-11-16(19)20/h9-10,13H,2-8,11-12,14H2,1H3,(H,19,20). The summed E-state index contributed by atoms with van der Waals surface area (Å²) < 4.78 is 7.17. The summed E-state index contributed by atoms with van der Waals surface area (Å²) in [7, 11) is 0. The summed E-state index contributed by atoms with van der Waals surface area (Å²) in [4.78, 5) is 22.6. The van der Waals surface area contributed by atoms with E-state index in [0.29, 0.717) is 31.7 Å². The molecule has 0 radical (unpaired) electrons. The molecule has 5 heteroatoms. The van der Waals surface area contributed by atoms with E-state index in [4.69, 9.17) is 9.84 Å². The number of aliphatic carboxylic acids is 1. The SMILES string of the molecule is CCCCCCCOc1cccn(CCCCC(=O)O)c1=O. The van der Waals surface area contributed by atoms with Crippen LogP contribution in [0.2, 0.25) is 0 Å². The fraction of sp³-hybridized carbons (Fsp3) is 0.647. The number of aryl methyl sites for hydroxylation is 1. The Hall–Kier alpha value is -1.78. The highest BCUT2D eigenvalue weighted by atomic mass is 16.5. The van der Waals surface area contributed by atoms with Crippen molar-refractivity contribution in [2.24, 2.45) is 0 Å². The third-order valence-corrected chi connectivity index (χ3v) is 3.53. The van der Waals surface area contributed by atoms with Crippen LogP contribution in [0, 0.1) is 0 Å². The van der Waals surface area contributed by atoms with Crippen molar-refractivity contribution in [2.45, 2.75) is 64.8 Å². The van der Waals surface area contributed by atoms with Crippen molar-refractivity contribution in [2.75, 3.05) is 6.61 Å². The molecule has 0 amide bonds. The molecule has 22 heavy (non-hydrogen) atoms. The molecule has 1 aromatic heterocycles. The number of nitrogens with zero attached hydrogens (tertiary/aromatic N) is 1. The van der Waals surface area contributed by atoms with Crippen LogP contribution in [0.5, 0.6) is 5.75 Å². The molecule has 5 nitrogen and oxygen atoms in total. The van der Waals surface area contributed by atoms with Crippen molar-refractivity contribution in [3.05, 3.63) is 28.7 Å². The van der Waals surface area contributed by atoms with E-state index in [1.54, 1.807) is 22.9 Å². The first kappa shape index (κ1) is 18.3. The molecule has 0 saturated heterocycles. The maximum atomic E-state index is 12.2. The van der Waals surface area contributed by atoms with Gasteiger partial charge in [0, 0.05) is 19.2 Å². The summed E-state index contributed by atoms with van der Waals surface area (Å²) in [5.74, 6) is -0.413. The topological polar surface area (TPSA) is 68.5 Å². The monoisotopic (exact) mass is 309 g/mol. The van der Waals surface area contributed by atoms with Crippen molar-refractivity contribution < 1.29 is 14.6 Å². The molecule has 0 spiro atoms. The quantitative estimate of drug-likeness (QED) is 0.600. The van der Waals surface area contributed by atoms with Gasteiger partial charge in [0.25, 0.3) is 5.56 Å². The minimum absolute atomic E-state index is 0.133. The van der Waals surface area contributed by atoms with Gasteiger partial charge in [0.1, 0.15) is 0 Å². The molecule has 0 bridgehead atoms. The molecule has 0 aliphatic rings. The third-order valence-electron chi connectivity index (χ3n) is 3.53. The second kappa shape index (κ2) is 10.9. The van der Waals surface area contributed by atoms with Gasteiger partial charge in [-0.25, -0.2) is 0 Å². The van der Waals surface area contributed by atoms with Crippen molar-refractivity contribution in [3.8, 4) is 5.75 Å².